The zero-order valence-electron chi connectivity index (χ0n) is 10.4. The van der Waals surface area contributed by atoms with Crippen molar-refractivity contribution in [1.29, 1.82) is 0 Å². The molecule has 0 radical (unpaired) electrons. The van der Waals surface area contributed by atoms with E-state index in [1.807, 2.05) is 6.08 Å². The zero-order valence-corrected chi connectivity index (χ0v) is 10.4. The average molecular weight is 235 g/mol. The third kappa shape index (κ3) is 2.09. The van der Waals surface area contributed by atoms with Crippen molar-refractivity contribution < 1.29 is 0 Å². The minimum Gasteiger partial charge on any atom is -0.283 e. The van der Waals surface area contributed by atoms with Crippen LogP contribution in [0.2, 0.25) is 0 Å². The summed E-state index contributed by atoms with van der Waals surface area (Å²) in [6.45, 7) is 5.01. The van der Waals surface area contributed by atoms with Crippen LogP contribution in [0.4, 0.5) is 0 Å². The number of benzene rings is 2. The van der Waals surface area contributed by atoms with Crippen LogP contribution >= 0.6 is 0 Å². The summed E-state index contributed by atoms with van der Waals surface area (Å²) in [5.41, 5.74) is 2.71. The van der Waals surface area contributed by atoms with Crippen LogP contribution in [0.25, 0.3) is 0 Å². The van der Waals surface area contributed by atoms with E-state index in [-0.39, 0.29) is 0 Å². The third-order valence-corrected chi connectivity index (χ3v) is 3.52. The van der Waals surface area contributed by atoms with Gasteiger partial charge in [-0.1, -0.05) is 66.7 Å². The van der Waals surface area contributed by atoms with Crippen molar-refractivity contribution in [2.75, 3.05) is 6.54 Å². The molecule has 1 heterocycles. The highest BCUT2D eigenvalue weighted by Gasteiger charge is 2.38. The van der Waals surface area contributed by atoms with E-state index in [0.29, 0.717) is 12.1 Å². The van der Waals surface area contributed by atoms with E-state index in [4.69, 9.17) is 0 Å². The maximum atomic E-state index is 3.90. The third-order valence-electron chi connectivity index (χ3n) is 3.52. The maximum absolute atomic E-state index is 3.90. The molecular weight excluding hydrogens is 218 g/mol. The largest absolute Gasteiger partial charge is 0.283 e. The molecule has 1 saturated heterocycles. The van der Waals surface area contributed by atoms with Crippen molar-refractivity contribution in [3.63, 3.8) is 0 Å². The summed E-state index contributed by atoms with van der Waals surface area (Å²) in [4.78, 5) is 2.47. The summed E-state index contributed by atoms with van der Waals surface area (Å²) in [5, 5.41) is 0. The van der Waals surface area contributed by atoms with E-state index >= 15 is 0 Å². The molecule has 1 nitrogen and oxygen atoms in total. The van der Waals surface area contributed by atoms with Crippen LogP contribution in [0.3, 0.4) is 0 Å². The zero-order chi connectivity index (χ0) is 12.4. The smallest absolute Gasteiger partial charge is 0.0608 e. The van der Waals surface area contributed by atoms with Crippen LogP contribution in [0, 0.1) is 0 Å². The van der Waals surface area contributed by atoms with Crippen LogP contribution < -0.4 is 0 Å². The molecule has 2 aromatic rings. The van der Waals surface area contributed by atoms with Gasteiger partial charge < -0.3 is 0 Å². The van der Waals surface area contributed by atoms with Crippen molar-refractivity contribution in [3.05, 3.63) is 84.4 Å². The van der Waals surface area contributed by atoms with Gasteiger partial charge in [-0.15, -0.1) is 6.58 Å². The second-order valence-electron chi connectivity index (χ2n) is 4.72. The number of hydrogen-bond donors (Lipinski definition) is 0. The predicted octanol–water partition coefficient (Wildman–Crippen LogP) is 3.65. The van der Waals surface area contributed by atoms with E-state index in [1.165, 1.54) is 11.1 Å². The lowest BCUT2D eigenvalue weighted by Crippen LogP contribution is -2.13. The fourth-order valence-corrected chi connectivity index (χ4v) is 2.52. The Balaban J connectivity index is 1.97. The van der Waals surface area contributed by atoms with Crippen molar-refractivity contribution in [3.8, 4) is 0 Å². The molecular formula is C17H17N. The molecule has 2 aromatic carbocycles. The number of nitrogens with zero attached hydrogens (tertiary/aromatic N) is 1. The molecule has 1 aliphatic rings. The molecule has 0 saturated carbocycles. The molecule has 2 atom stereocenters. The normalized spacial score (nSPS) is 21.8. The highest BCUT2D eigenvalue weighted by atomic mass is 15.3. The van der Waals surface area contributed by atoms with Crippen molar-refractivity contribution >= 4 is 0 Å². The highest BCUT2D eigenvalue weighted by Crippen LogP contribution is 2.37. The molecule has 1 heteroatoms. The van der Waals surface area contributed by atoms with Crippen LogP contribution in [0.1, 0.15) is 17.2 Å². The molecule has 1 fully saturated rings. The highest BCUT2D eigenvalue weighted by molar-refractivity contribution is 5.34. The second-order valence-corrected chi connectivity index (χ2v) is 4.72. The summed E-state index contributed by atoms with van der Waals surface area (Å²) in [6.07, 6.45) is 2.04. The second kappa shape index (κ2) is 4.79. The van der Waals surface area contributed by atoms with Crippen LogP contribution in [0.15, 0.2) is 73.3 Å². The van der Waals surface area contributed by atoms with Crippen LogP contribution in [-0.2, 0) is 0 Å². The van der Waals surface area contributed by atoms with Gasteiger partial charge in [0.25, 0.3) is 0 Å². The van der Waals surface area contributed by atoms with E-state index in [0.717, 1.165) is 6.54 Å². The molecule has 1 unspecified atom stereocenters. The summed E-state index contributed by atoms with van der Waals surface area (Å²) >= 11 is 0. The minimum atomic E-state index is 0.357. The molecule has 0 bridgehead atoms. The number of hydrogen-bond acceptors (Lipinski definition) is 1. The quantitative estimate of drug-likeness (QED) is 0.577. The Morgan fingerprint density at radius 1 is 0.944 bits per heavy atom. The molecule has 3 rings (SSSR count). The van der Waals surface area contributed by atoms with Gasteiger partial charge in [0.05, 0.1) is 6.04 Å². The van der Waals surface area contributed by atoms with Crippen molar-refractivity contribution in [1.82, 2.24) is 4.90 Å². The van der Waals surface area contributed by atoms with Crippen LogP contribution in [-0.4, -0.2) is 17.5 Å². The monoisotopic (exact) mass is 235 g/mol. The first-order valence-electron chi connectivity index (χ1n) is 6.38. The van der Waals surface area contributed by atoms with E-state index < -0.39 is 0 Å². The molecule has 0 amide bonds. The van der Waals surface area contributed by atoms with Gasteiger partial charge in [0.2, 0.25) is 0 Å². The summed E-state index contributed by atoms with van der Waals surface area (Å²) in [5.74, 6) is 0. The average Bonchev–Trinajstić information content (AvgIpc) is 3.21. The topological polar surface area (TPSA) is 3.01 Å². The Morgan fingerprint density at radius 3 is 1.83 bits per heavy atom. The maximum Gasteiger partial charge on any atom is 0.0608 e. The van der Waals surface area contributed by atoms with E-state index in [2.05, 4.69) is 72.1 Å². The Bertz CT molecular complexity index is 478. The Morgan fingerprint density at radius 2 is 1.44 bits per heavy atom. The standard InChI is InChI=1S/C17H17N/c1-2-16-13-18(16)17(14-9-5-3-6-10-14)15-11-7-4-8-12-15/h2-12,16-17H,1,13H2/t16-,18?/m0/s1. The van der Waals surface area contributed by atoms with Gasteiger partial charge in [-0.25, -0.2) is 0 Å². The molecule has 0 aromatic heterocycles. The SMILES string of the molecule is C=C[C@H]1CN1C(c1ccccc1)c1ccccc1. The van der Waals surface area contributed by atoms with Gasteiger partial charge in [0.15, 0.2) is 0 Å². The summed E-state index contributed by atoms with van der Waals surface area (Å²) in [6, 6.07) is 22.3. The summed E-state index contributed by atoms with van der Waals surface area (Å²) < 4.78 is 0. The first-order chi connectivity index (χ1) is 8.90. The number of rotatable bonds is 4. The molecule has 1 aliphatic heterocycles. The summed E-state index contributed by atoms with van der Waals surface area (Å²) in [7, 11) is 0. The lowest BCUT2D eigenvalue weighted by Gasteiger charge is -2.20. The van der Waals surface area contributed by atoms with Gasteiger partial charge in [-0.2, -0.15) is 0 Å². The van der Waals surface area contributed by atoms with Gasteiger partial charge in [0, 0.05) is 12.6 Å². The van der Waals surface area contributed by atoms with Gasteiger partial charge >= 0.3 is 0 Å². The van der Waals surface area contributed by atoms with Crippen molar-refractivity contribution in [2.45, 2.75) is 12.1 Å². The molecule has 18 heavy (non-hydrogen) atoms. The lowest BCUT2D eigenvalue weighted by atomic mass is 9.98. The van der Waals surface area contributed by atoms with Crippen molar-refractivity contribution in [2.24, 2.45) is 0 Å². The van der Waals surface area contributed by atoms with Crippen LogP contribution in [0.5, 0.6) is 0 Å². The molecule has 0 spiro atoms. The molecule has 0 aliphatic carbocycles. The lowest BCUT2D eigenvalue weighted by molar-refractivity contribution is 0.451. The predicted molar refractivity (Wildman–Crippen MR) is 75.4 cm³/mol. The minimum absolute atomic E-state index is 0.357. The molecule has 90 valence electrons. The van der Waals surface area contributed by atoms with Gasteiger partial charge in [0.1, 0.15) is 0 Å². The first-order valence-corrected chi connectivity index (χ1v) is 6.38. The fraction of sp³-hybridized carbons (Fsp3) is 0.176. The first kappa shape index (κ1) is 11.2. The van der Waals surface area contributed by atoms with E-state index in [9.17, 15) is 0 Å². The Kier molecular flexibility index (Phi) is 2.99. The van der Waals surface area contributed by atoms with Gasteiger partial charge in [-0.3, -0.25) is 4.90 Å². The fourth-order valence-electron chi connectivity index (χ4n) is 2.52. The molecule has 0 N–H and O–H groups in total. The Labute approximate surface area is 108 Å². The van der Waals surface area contributed by atoms with E-state index in [1.54, 1.807) is 0 Å². The Hall–Kier alpha value is -1.86. The van der Waals surface area contributed by atoms with Gasteiger partial charge in [-0.05, 0) is 11.1 Å².